The Morgan fingerprint density at radius 3 is 2.87 bits per heavy atom. The van der Waals surface area contributed by atoms with Crippen molar-refractivity contribution in [2.24, 2.45) is 0 Å². The quantitative estimate of drug-likeness (QED) is 0.865. The van der Waals surface area contributed by atoms with Crippen LogP contribution in [-0.2, 0) is 6.42 Å². The molecule has 0 saturated carbocycles. The van der Waals surface area contributed by atoms with E-state index in [1.54, 1.807) is 0 Å². The van der Waals surface area contributed by atoms with Gasteiger partial charge in [-0.2, -0.15) is 0 Å². The average molecular weight is 264 g/mol. The fourth-order valence-corrected chi connectivity index (χ4v) is 3.59. The van der Waals surface area contributed by atoms with E-state index >= 15 is 0 Å². The molecular weight excluding hydrogens is 249 g/mol. The van der Waals surface area contributed by atoms with Crippen molar-refractivity contribution in [3.63, 3.8) is 0 Å². The number of hydrogen-bond donors (Lipinski definition) is 1. The largest absolute Gasteiger partial charge is 0.314 e. The normalized spacial score (nSPS) is 21.9. The highest BCUT2D eigenvalue weighted by Gasteiger charge is 2.13. The standard InChI is InChI=1S/C11H15Cl2NS/c12-10-7-8(11(13)15-10)4-5-9-3-1-2-6-14-9/h7,9,14H,1-6H2. The van der Waals surface area contributed by atoms with Crippen LogP contribution in [0.4, 0.5) is 0 Å². The zero-order valence-corrected chi connectivity index (χ0v) is 10.9. The highest BCUT2D eigenvalue weighted by molar-refractivity contribution is 7.20. The van der Waals surface area contributed by atoms with Crippen molar-refractivity contribution in [2.45, 2.75) is 38.1 Å². The van der Waals surface area contributed by atoms with E-state index in [1.165, 1.54) is 49.1 Å². The number of piperidine rings is 1. The summed E-state index contributed by atoms with van der Waals surface area (Å²) in [6, 6.07) is 2.67. The summed E-state index contributed by atoms with van der Waals surface area (Å²) in [5.41, 5.74) is 1.21. The first-order valence-corrected chi connectivity index (χ1v) is 7.00. The van der Waals surface area contributed by atoms with Crippen LogP contribution in [0.2, 0.25) is 8.67 Å². The van der Waals surface area contributed by atoms with E-state index in [1.807, 2.05) is 6.07 Å². The molecule has 1 atom stereocenters. The van der Waals surface area contributed by atoms with E-state index < -0.39 is 0 Å². The lowest BCUT2D eigenvalue weighted by molar-refractivity contribution is 0.383. The predicted octanol–water partition coefficient (Wildman–Crippen LogP) is 4.13. The van der Waals surface area contributed by atoms with Crippen LogP contribution < -0.4 is 5.32 Å². The van der Waals surface area contributed by atoms with Gasteiger partial charge in [-0.25, -0.2) is 0 Å². The first kappa shape index (κ1) is 11.7. The Hall–Kier alpha value is 0.240. The van der Waals surface area contributed by atoms with Crippen LogP contribution in [0.5, 0.6) is 0 Å². The van der Waals surface area contributed by atoms with Gasteiger partial charge in [0.05, 0.1) is 8.67 Å². The minimum Gasteiger partial charge on any atom is -0.314 e. The lowest BCUT2D eigenvalue weighted by Crippen LogP contribution is -2.34. The molecule has 84 valence electrons. The summed E-state index contributed by atoms with van der Waals surface area (Å²) < 4.78 is 1.66. The third-order valence-electron chi connectivity index (χ3n) is 2.90. The maximum Gasteiger partial charge on any atom is 0.0976 e. The number of nitrogens with one attached hydrogen (secondary N) is 1. The molecule has 1 aliphatic rings. The Balaban J connectivity index is 1.84. The van der Waals surface area contributed by atoms with Crippen molar-refractivity contribution < 1.29 is 0 Å². The summed E-state index contributed by atoms with van der Waals surface area (Å²) >= 11 is 13.4. The maximum absolute atomic E-state index is 6.08. The topological polar surface area (TPSA) is 12.0 Å². The van der Waals surface area contributed by atoms with Crippen molar-refractivity contribution in [2.75, 3.05) is 6.54 Å². The molecule has 1 aliphatic heterocycles. The predicted molar refractivity (Wildman–Crippen MR) is 68.3 cm³/mol. The van der Waals surface area contributed by atoms with Gasteiger partial charge in [-0.3, -0.25) is 0 Å². The monoisotopic (exact) mass is 263 g/mol. The van der Waals surface area contributed by atoms with Crippen LogP contribution >= 0.6 is 34.5 Å². The van der Waals surface area contributed by atoms with Crippen molar-refractivity contribution in [1.82, 2.24) is 5.32 Å². The lowest BCUT2D eigenvalue weighted by Gasteiger charge is -2.23. The van der Waals surface area contributed by atoms with Gasteiger partial charge in [-0.15, -0.1) is 11.3 Å². The number of thiophene rings is 1. The van der Waals surface area contributed by atoms with Crippen LogP contribution in [0.3, 0.4) is 0 Å². The average Bonchev–Trinajstić information content (AvgIpc) is 2.56. The molecule has 0 aliphatic carbocycles. The van der Waals surface area contributed by atoms with Gasteiger partial charge in [0.15, 0.2) is 0 Å². The van der Waals surface area contributed by atoms with Gasteiger partial charge in [0, 0.05) is 6.04 Å². The van der Waals surface area contributed by atoms with Crippen molar-refractivity contribution in [3.05, 3.63) is 20.3 Å². The molecule has 0 radical (unpaired) electrons. The second-order valence-corrected chi connectivity index (χ2v) is 6.32. The number of hydrogen-bond acceptors (Lipinski definition) is 2. The highest BCUT2D eigenvalue weighted by Crippen LogP contribution is 2.32. The van der Waals surface area contributed by atoms with E-state index in [-0.39, 0.29) is 0 Å². The molecule has 1 saturated heterocycles. The van der Waals surface area contributed by atoms with Gasteiger partial charge in [-0.1, -0.05) is 29.6 Å². The fraction of sp³-hybridized carbons (Fsp3) is 0.636. The summed E-state index contributed by atoms with van der Waals surface area (Å²) in [6.07, 6.45) is 6.19. The third kappa shape index (κ3) is 3.35. The summed E-state index contributed by atoms with van der Waals surface area (Å²) in [5, 5.41) is 3.54. The van der Waals surface area contributed by atoms with Crippen LogP contribution in [-0.4, -0.2) is 12.6 Å². The smallest absolute Gasteiger partial charge is 0.0976 e. The minimum absolute atomic E-state index is 0.675. The van der Waals surface area contributed by atoms with Crippen molar-refractivity contribution in [1.29, 1.82) is 0 Å². The number of halogens is 2. The first-order chi connectivity index (χ1) is 7.25. The molecule has 15 heavy (non-hydrogen) atoms. The zero-order chi connectivity index (χ0) is 10.7. The van der Waals surface area contributed by atoms with Gasteiger partial charge in [-0.05, 0) is 43.9 Å². The second-order valence-electron chi connectivity index (χ2n) is 4.03. The Morgan fingerprint density at radius 2 is 2.27 bits per heavy atom. The third-order valence-corrected chi connectivity index (χ3v) is 4.47. The molecule has 1 aromatic rings. The maximum atomic E-state index is 6.08. The highest BCUT2D eigenvalue weighted by atomic mass is 35.5. The molecule has 2 rings (SSSR count). The van der Waals surface area contributed by atoms with E-state index in [0.29, 0.717) is 6.04 Å². The molecule has 2 heterocycles. The van der Waals surface area contributed by atoms with Crippen LogP contribution in [0.1, 0.15) is 31.2 Å². The Bertz CT molecular complexity index is 318. The van der Waals surface area contributed by atoms with E-state index in [4.69, 9.17) is 23.2 Å². The molecule has 1 unspecified atom stereocenters. The molecule has 1 fully saturated rings. The van der Waals surface area contributed by atoms with Crippen LogP contribution in [0, 0.1) is 0 Å². The van der Waals surface area contributed by atoms with E-state index in [9.17, 15) is 0 Å². The molecule has 1 aromatic heterocycles. The summed E-state index contributed by atoms with van der Waals surface area (Å²) in [4.78, 5) is 0. The summed E-state index contributed by atoms with van der Waals surface area (Å²) in [5.74, 6) is 0. The van der Waals surface area contributed by atoms with Gasteiger partial charge in [0.2, 0.25) is 0 Å². The van der Waals surface area contributed by atoms with Crippen molar-refractivity contribution in [3.8, 4) is 0 Å². The number of aryl methyl sites for hydroxylation is 1. The molecule has 1 N–H and O–H groups in total. The second kappa shape index (κ2) is 5.53. The fourth-order valence-electron chi connectivity index (χ4n) is 2.04. The van der Waals surface area contributed by atoms with E-state index in [2.05, 4.69) is 5.32 Å². The minimum atomic E-state index is 0.675. The molecule has 0 aromatic carbocycles. The lowest BCUT2D eigenvalue weighted by atomic mass is 9.99. The molecule has 4 heteroatoms. The Kier molecular flexibility index (Phi) is 4.32. The molecule has 0 bridgehead atoms. The molecule has 1 nitrogen and oxygen atoms in total. The molecule has 0 amide bonds. The zero-order valence-electron chi connectivity index (χ0n) is 8.56. The Morgan fingerprint density at radius 1 is 1.40 bits per heavy atom. The molecular formula is C11H15Cl2NS. The van der Waals surface area contributed by atoms with Crippen LogP contribution in [0.15, 0.2) is 6.07 Å². The number of rotatable bonds is 3. The van der Waals surface area contributed by atoms with Gasteiger partial charge >= 0.3 is 0 Å². The summed E-state index contributed by atoms with van der Waals surface area (Å²) in [6.45, 7) is 1.17. The Labute approximate surface area is 105 Å². The van der Waals surface area contributed by atoms with Gasteiger partial charge in [0.25, 0.3) is 0 Å². The molecule has 0 spiro atoms. The first-order valence-electron chi connectivity index (χ1n) is 5.43. The van der Waals surface area contributed by atoms with Gasteiger partial charge in [0.1, 0.15) is 0 Å². The van der Waals surface area contributed by atoms with Gasteiger partial charge < -0.3 is 5.32 Å². The SMILES string of the molecule is Clc1cc(CCC2CCCCN2)c(Cl)s1. The van der Waals surface area contributed by atoms with Crippen LogP contribution in [0.25, 0.3) is 0 Å². The van der Waals surface area contributed by atoms with Crippen molar-refractivity contribution >= 4 is 34.5 Å². The van der Waals surface area contributed by atoms with E-state index in [0.717, 1.165) is 15.1 Å². The summed E-state index contributed by atoms with van der Waals surface area (Å²) in [7, 11) is 0.